The van der Waals surface area contributed by atoms with Gasteiger partial charge in [-0.3, -0.25) is 9.59 Å². The van der Waals surface area contributed by atoms with Gasteiger partial charge in [0.2, 0.25) is 0 Å². The number of amides is 1. The zero-order valence-electron chi connectivity index (χ0n) is 21.6. The predicted octanol–water partition coefficient (Wildman–Crippen LogP) is 4.44. The van der Waals surface area contributed by atoms with Crippen LogP contribution < -0.4 is 18.9 Å². The maximum absolute atomic E-state index is 13.5. The van der Waals surface area contributed by atoms with Crippen molar-refractivity contribution in [1.82, 2.24) is 4.90 Å². The van der Waals surface area contributed by atoms with Crippen molar-refractivity contribution in [2.45, 2.75) is 19.5 Å². The first-order valence-corrected chi connectivity index (χ1v) is 11.9. The number of likely N-dealkylation sites (tertiary alicyclic amines) is 1. The third-order valence-electron chi connectivity index (χ3n) is 6.32. The van der Waals surface area contributed by atoms with Crippen LogP contribution in [-0.2, 0) is 16.1 Å². The minimum Gasteiger partial charge on any atom is -0.506 e. The van der Waals surface area contributed by atoms with Gasteiger partial charge in [0.05, 0.1) is 39.6 Å². The van der Waals surface area contributed by atoms with Crippen LogP contribution in [0.25, 0.3) is 5.76 Å². The molecule has 0 aliphatic carbocycles. The molecule has 0 saturated carbocycles. The second-order valence-electron chi connectivity index (χ2n) is 8.47. The summed E-state index contributed by atoms with van der Waals surface area (Å²) in [5.41, 5.74) is 1.22. The Bertz CT molecular complexity index is 1360. The number of aliphatic hydroxyl groups excluding tert-OH is 1. The predicted molar refractivity (Wildman–Crippen MR) is 140 cm³/mol. The molecule has 9 nitrogen and oxygen atoms in total. The zero-order chi connectivity index (χ0) is 27.4. The highest BCUT2D eigenvalue weighted by atomic mass is 16.5. The van der Waals surface area contributed by atoms with E-state index in [1.807, 2.05) is 0 Å². The maximum Gasteiger partial charge on any atom is 0.295 e. The topological polar surface area (TPSA) is 115 Å². The standard InChI is InChI=1S/C29H29NO8/c1-5-38-23-15-18(11-14-20(23)31)26-25(27(32)24-21(36-3)7-6-8-22(24)37-4)28(33)29(34)30(26)16-17-9-12-19(35-2)13-10-17/h6-15,26,31-32H,5,16H2,1-4H3/b27-25+. The number of phenols is 1. The summed E-state index contributed by atoms with van der Waals surface area (Å²) in [5, 5.41) is 21.8. The number of Topliss-reactive ketones (excluding diaryl/α,β-unsaturated/α-hetero) is 1. The molecule has 3 aromatic carbocycles. The lowest BCUT2D eigenvalue weighted by Gasteiger charge is -2.26. The zero-order valence-corrected chi connectivity index (χ0v) is 21.6. The number of ether oxygens (including phenoxy) is 4. The fourth-order valence-corrected chi connectivity index (χ4v) is 4.51. The van der Waals surface area contributed by atoms with E-state index in [0.717, 1.165) is 5.56 Å². The van der Waals surface area contributed by atoms with E-state index >= 15 is 0 Å². The van der Waals surface area contributed by atoms with Crippen molar-refractivity contribution in [3.8, 4) is 28.7 Å². The van der Waals surface area contributed by atoms with E-state index in [0.29, 0.717) is 17.9 Å². The molecule has 198 valence electrons. The number of carbonyl (C=O) groups is 2. The monoisotopic (exact) mass is 519 g/mol. The Labute approximate surface area is 220 Å². The van der Waals surface area contributed by atoms with Crippen molar-refractivity contribution >= 4 is 17.4 Å². The normalized spacial score (nSPS) is 16.4. The van der Waals surface area contributed by atoms with Crippen LogP contribution >= 0.6 is 0 Å². The number of benzene rings is 3. The van der Waals surface area contributed by atoms with Gasteiger partial charge < -0.3 is 34.1 Å². The first-order valence-electron chi connectivity index (χ1n) is 11.9. The summed E-state index contributed by atoms with van der Waals surface area (Å²) in [7, 11) is 4.42. The smallest absolute Gasteiger partial charge is 0.295 e. The number of hydrogen-bond donors (Lipinski definition) is 2. The second kappa shape index (κ2) is 11.2. The summed E-state index contributed by atoms with van der Waals surface area (Å²) >= 11 is 0. The van der Waals surface area contributed by atoms with E-state index in [2.05, 4.69) is 0 Å². The van der Waals surface area contributed by atoms with E-state index < -0.39 is 23.5 Å². The minimum absolute atomic E-state index is 0.0733. The number of ketones is 1. The summed E-state index contributed by atoms with van der Waals surface area (Å²) in [6.45, 7) is 2.14. The summed E-state index contributed by atoms with van der Waals surface area (Å²) in [5.74, 6) is -0.803. The van der Waals surface area contributed by atoms with Crippen LogP contribution in [0.4, 0.5) is 0 Å². The van der Waals surface area contributed by atoms with Crippen LogP contribution in [0.3, 0.4) is 0 Å². The lowest BCUT2D eigenvalue weighted by molar-refractivity contribution is -0.140. The van der Waals surface area contributed by atoms with E-state index in [-0.39, 0.29) is 40.7 Å². The number of nitrogens with zero attached hydrogens (tertiary/aromatic N) is 1. The van der Waals surface area contributed by atoms with Crippen molar-refractivity contribution in [1.29, 1.82) is 0 Å². The average molecular weight is 520 g/mol. The molecular formula is C29H29NO8. The summed E-state index contributed by atoms with van der Waals surface area (Å²) < 4.78 is 21.6. The fraction of sp³-hybridized carbons (Fsp3) is 0.241. The van der Waals surface area contributed by atoms with Gasteiger partial charge in [0.15, 0.2) is 11.5 Å². The van der Waals surface area contributed by atoms with Crippen molar-refractivity contribution < 1.29 is 38.7 Å². The first kappa shape index (κ1) is 26.4. The lowest BCUT2D eigenvalue weighted by Crippen LogP contribution is -2.29. The van der Waals surface area contributed by atoms with Crippen molar-refractivity contribution in [2.24, 2.45) is 0 Å². The van der Waals surface area contributed by atoms with E-state index in [1.54, 1.807) is 68.6 Å². The lowest BCUT2D eigenvalue weighted by atomic mass is 9.94. The molecule has 0 aromatic heterocycles. The van der Waals surface area contributed by atoms with Gasteiger partial charge in [-0.25, -0.2) is 0 Å². The third kappa shape index (κ3) is 4.82. The van der Waals surface area contributed by atoms with E-state index in [4.69, 9.17) is 18.9 Å². The molecule has 0 radical (unpaired) electrons. The highest BCUT2D eigenvalue weighted by Crippen LogP contribution is 2.45. The SMILES string of the molecule is CCOc1cc(C2/C(=C(\O)c3c(OC)cccc3OC)C(=O)C(=O)N2Cc2ccc(OC)cc2)ccc1O. The number of aromatic hydroxyl groups is 1. The van der Waals surface area contributed by atoms with E-state index in [1.165, 1.54) is 25.2 Å². The largest absolute Gasteiger partial charge is 0.506 e. The van der Waals surface area contributed by atoms with Gasteiger partial charge in [-0.2, -0.15) is 0 Å². The summed E-state index contributed by atoms with van der Waals surface area (Å²) in [4.78, 5) is 28.3. The second-order valence-corrected chi connectivity index (χ2v) is 8.47. The quantitative estimate of drug-likeness (QED) is 0.242. The average Bonchev–Trinajstić information content (AvgIpc) is 3.18. The van der Waals surface area contributed by atoms with Gasteiger partial charge in [0.1, 0.15) is 28.6 Å². The minimum atomic E-state index is -0.994. The number of rotatable bonds is 9. The number of aliphatic hydroxyl groups is 1. The fourth-order valence-electron chi connectivity index (χ4n) is 4.51. The van der Waals surface area contributed by atoms with Gasteiger partial charge in [0, 0.05) is 6.54 Å². The van der Waals surface area contributed by atoms with Crippen molar-refractivity contribution in [3.63, 3.8) is 0 Å². The molecule has 1 heterocycles. The number of hydrogen-bond acceptors (Lipinski definition) is 8. The molecule has 2 N–H and O–H groups in total. The Morgan fingerprint density at radius 2 is 1.55 bits per heavy atom. The number of phenolic OH excluding ortho intramolecular Hbond substituents is 1. The van der Waals surface area contributed by atoms with Gasteiger partial charge in [-0.15, -0.1) is 0 Å². The van der Waals surface area contributed by atoms with Gasteiger partial charge in [-0.05, 0) is 54.4 Å². The Balaban J connectivity index is 1.93. The van der Waals surface area contributed by atoms with Crippen LogP contribution in [0, 0.1) is 0 Å². The van der Waals surface area contributed by atoms with Gasteiger partial charge in [0.25, 0.3) is 11.7 Å². The number of carbonyl (C=O) groups excluding carboxylic acids is 2. The van der Waals surface area contributed by atoms with Crippen LogP contribution in [0.1, 0.15) is 29.7 Å². The molecule has 1 aliphatic rings. The highest BCUT2D eigenvalue weighted by molar-refractivity contribution is 6.46. The molecular weight excluding hydrogens is 490 g/mol. The molecule has 38 heavy (non-hydrogen) atoms. The first-order chi connectivity index (χ1) is 18.3. The molecule has 1 saturated heterocycles. The van der Waals surface area contributed by atoms with Gasteiger partial charge in [-0.1, -0.05) is 24.3 Å². The summed E-state index contributed by atoms with van der Waals surface area (Å²) in [6, 6.07) is 15.6. The van der Waals surface area contributed by atoms with Crippen LogP contribution in [-0.4, -0.2) is 54.7 Å². The maximum atomic E-state index is 13.5. The summed E-state index contributed by atoms with van der Waals surface area (Å²) in [6.07, 6.45) is 0. The van der Waals surface area contributed by atoms with Crippen LogP contribution in [0.15, 0.2) is 66.2 Å². The molecule has 1 amide bonds. The Kier molecular flexibility index (Phi) is 7.76. The molecule has 1 atom stereocenters. The van der Waals surface area contributed by atoms with Crippen LogP contribution in [0.2, 0.25) is 0 Å². The Morgan fingerprint density at radius 1 is 0.895 bits per heavy atom. The van der Waals surface area contributed by atoms with Gasteiger partial charge >= 0.3 is 0 Å². The van der Waals surface area contributed by atoms with E-state index in [9.17, 15) is 19.8 Å². The Morgan fingerprint density at radius 3 is 2.13 bits per heavy atom. The molecule has 0 bridgehead atoms. The van der Waals surface area contributed by atoms with Crippen molar-refractivity contribution in [2.75, 3.05) is 27.9 Å². The molecule has 1 aliphatic heterocycles. The third-order valence-corrected chi connectivity index (χ3v) is 6.32. The molecule has 4 rings (SSSR count). The van der Waals surface area contributed by atoms with Crippen LogP contribution in [0.5, 0.6) is 28.7 Å². The molecule has 9 heteroatoms. The number of methoxy groups -OCH3 is 3. The Hall–Kier alpha value is -4.66. The molecule has 1 fully saturated rings. The van der Waals surface area contributed by atoms with Crippen molar-refractivity contribution in [3.05, 3.63) is 82.9 Å². The molecule has 3 aromatic rings. The molecule has 0 spiro atoms. The molecule has 1 unspecified atom stereocenters. The highest BCUT2D eigenvalue weighted by Gasteiger charge is 2.47.